The number of nitrogens with one attached hydrogen (secondary N) is 1. The summed E-state index contributed by atoms with van der Waals surface area (Å²) in [7, 11) is -2.77. The maximum absolute atomic E-state index is 14.7. The largest absolute Gasteiger partial charge is 0.362 e. The van der Waals surface area contributed by atoms with Crippen LogP contribution in [0.2, 0.25) is 5.02 Å². The van der Waals surface area contributed by atoms with Gasteiger partial charge in [0.05, 0.1) is 12.8 Å². The molecule has 3 aromatic rings. The Kier molecular flexibility index (Phi) is 18.5. The molecule has 6 nitrogen and oxygen atoms in total. The second-order valence-corrected chi connectivity index (χ2v) is 19.4. The number of rotatable bonds is 22. The van der Waals surface area contributed by atoms with Crippen LogP contribution in [0.15, 0.2) is 64.4 Å². The fourth-order valence-corrected chi connectivity index (χ4v) is 11.0. The number of hydrogen-bond acceptors (Lipinski definition) is 6. The molecule has 12 heteroatoms. The highest BCUT2D eigenvalue weighted by molar-refractivity contribution is 7.95. The minimum Gasteiger partial charge on any atom is -0.362 e. The highest BCUT2D eigenvalue weighted by Crippen LogP contribution is 2.40. The molecule has 0 radical (unpaired) electrons. The summed E-state index contributed by atoms with van der Waals surface area (Å²) in [5.74, 6) is -6.81. The molecule has 4 unspecified atom stereocenters. The van der Waals surface area contributed by atoms with E-state index in [0.717, 1.165) is 85.7 Å². The third kappa shape index (κ3) is 12.4. The third-order valence-electron chi connectivity index (χ3n) is 12.7. The average Bonchev–Trinajstić information content (AvgIpc) is 3.53. The third-order valence-corrected chi connectivity index (χ3v) is 14.9. The van der Waals surface area contributed by atoms with Crippen LogP contribution >= 0.6 is 11.6 Å². The monoisotopic (exact) mass is 875 g/mol. The van der Waals surface area contributed by atoms with Crippen LogP contribution in [0.1, 0.15) is 123 Å². The second kappa shape index (κ2) is 23.0. The molecule has 2 fully saturated rings. The quantitative estimate of drug-likeness (QED) is 0.0357. The van der Waals surface area contributed by atoms with Crippen molar-refractivity contribution in [2.45, 2.75) is 140 Å². The van der Waals surface area contributed by atoms with Crippen LogP contribution in [-0.2, 0) is 14.6 Å². The molecule has 1 aliphatic heterocycles. The minimum atomic E-state index is -4.91. The number of nitrogens with zero attached hydrogens (tertiary/aromatic N) is 2. The van der Waals surface area contributed by atoms with Gasteiger partial charge in [-0.2, -0.15) is 0 Å². The fourth-order valence-electron chi connectivity index (χ4n) is 9.35. The summed E-state index contributed by atoms with van der Waals surface area (Å²) in [5, 5.41) is 6.83. The van der Waals surface area contributed by atoms with E-state index in [9.17, 15) is 26.0 Å². The molecular weight excluding hydrogens is 810 g/mol. The Morgan fingerprint density at radius 1 is 0.967 bits per heavy atom. The summed E-state index contributed by atoms with van der Waals surface area (Å²) in [5.41, 5.74) is 2.52. The molecule has 1 N–H and O–H groups in total. The lowest BCUT2D eigenvalue weighted by Crippen LogP contribution is -2.56. The van der Waals surface area contributed by atoms with Crippen molar-refractivity contribution in [3.63, 3.8) is 0 Å². The number of hydrogen-bond donors (Lipinski definition) is 1. The molecule has 60 heavy (non-hydrogen) atoms. The zero-order chi connectivity index (χ0) is 43.4. The number of likely N-dealkylation sites (tertiary alicyclic amines) is 1. The van der Waals surface area contributed by atoms with Crippen molar-refractivity contribution < 1.29 is 30.7 Å². The lowest BCUT2D eigenvalue weighted by molar-refractivity contribution is -0.0308. The van der Waals surface area contributed by atoms with Crippen LogP contribution in [0.4, 0.5) is 17.6 Å². The summed E-state index contributed by atoms with van der Waals surface area (Å²) in [4.78, 5) is 2.59. The lowest BCUT2D eigenvalue weighted by Gasteiger charge is -2.42. The van der Waals surface area contributed by atoms with Gasteiger partial charge in [-0.1, -0.05) is 113 Å². The van der Waals surface area contributed by atoms with E-state index in [1.807, 2.05) is 12.1 Å². The Morgan fingerprint density at radius 3 is 2.35 bits per heavy atom. The van der Waals surface area contributed by atoms with Crippen molar-refractivity contribution in [1.82, 2.24) is 15.1 Å². The van der Waals surface area contributed by atoms with Crippen molar-refractivity contribution >= 4 is 38.3 Å². The van der Waals surface area contributed by atoms with Gasteiger partial charge in [0.15, 0.2) is 23.3 Å². The number of fused-ring (bicyclic) bond motifs is 1. The highest BCUT2D eigenvalue weighted by atomic mass is 35.5. The highest BCUT2D eigenvalue weighted by Gasteiger charge is 2.37. The van der Waals surface area contributed by atoms with E-state index in [1.54, 1.807) is 0 Å². The van der Waals surface area contributed by atoms with Gasteiger partial charge in [-0.15, -0.1) is 0 Å². The Bertz CT molecular complexity index is 2000. The molecule has 0 aromatic heterocycles. The Balaban J connectivity index is 1.43. The zero-order valence-corrected chi connectivity index (χ0v) is 37.6. The first kappa shape index (κ1) is 48.2. The fraction of sp³-hybridized carbons (Fsp3) is 0.583. The van der Waals surface area contributed by atoms with Crippen LogP contribution in [0.25, 0.3) is 16.8 Å². The van der Waals surface area contributed by atoms with Crippen LogP contribution in [0.5, 0.6) is 0 Å². The summed E-state index contributed by atoms with van der Waals surface area (Å²) in [6.07, 6.45) is 16.1. The number of benzene rings is 3. The van der Waals surface area contributed by atoms with Crippen LogP contribution in [0.3, 0.4) is 0 Å². The zero-order valence-electron chi connectivity index (χ0n) is 36.1. The van der Waals surface area contributed by atoms with Gasteiger partial charge in [-0.05, 0) is 120 Å². The Hall–Kier alpha value is -2.80. The molecule has 1 aliphatic carbocycles. The molecule has 0 spiro atoms. The molecule has 3 aromatic carbocycles. The summed E-state index contributed by atoms with van der Waals surface area (Å²) >= 11 is 6.77. The van der Waals surface area contributed by atoms with E-state index in [4.69, 9.17) is 16.3 Å². The van der Waals surface area contributed by atoms with E-state index >= 15 is 0 Å². The Morgan fingerprint density at radius 2 is 1.67 bits per heavy atom. The van der Waals surface area contributed by atoms with Crippen molar-refractivity contribution in [1.29, 1.82) is 0 Å². The van der Waals surface area contributed by atoms with Gasteiger partial charge in [0.1, 0.15) is 11.1 Å². The van der Waals surface area contributed by atoms with Gasteiger partial charge < -0.3 is 9.64 Å². The van der Waals surface area contributed by atoms with E-state index in [2.05, 4.69) is 79.9 Å². The molecule has 0 bridgehead atoms. The number of likely N-dealkylation sites (N-methyl/N-ethyl adjacent to an activating group) is 1. The lowest BCUT2D eigenvalue weighted by atomic mass is 9.81. The predicted molar refractivity (Wildman–Crippen MR) is 237 cm³/mol. The topological polar surface area (TPSA) is 61.9 Å². The first-order chi connectivity index (χ1) is 28.8. The standard InChI is InChI=1S/C48H66ClF4N3O3S/c1-6-8-9-10-11-17-36-25-23-35(30-38-20-12-18-37-19-13-22-41(49)44(37)38)24-26-40(36)48(54-34(4)59-32-39-21-15-28-55(39)5)56(27-7-2)29-14-16-33(3)60(57,58)47-45(52)42(50)31-43(51)46(47)53/h12-13,18-20,22,30-31,34,36,39-40,48,54H,3,6-11,14-17,21,23-29,32H2,1-2,4-5H3/t34?,36?,39-,40?,48?/m0/s1. The number of ether oxygens (including phenoxy) is 1. The number of allylic oxidation sites excluding steroid dienone is 2. The second-order valence-electron chi connectivity index (χ2n) is 17.0. The maximum Gasteiger partial charge on any atom is 0.208 e. The van der Waals surface area contributed by atoms with E-state index < -0.39 is 42.9 Å². The normalized spacial score (nSPS) is 20.9. The van der Waals surface area contributed by atoms with E-state index in [1.165, 1.54) is 31.3 Å². The minimum absolute atomic E-state index is 0.00289. The van der Waals surface area contributed by atoms with Crippen LogP contribution < -0.4 is 5.32 Å². The number of unbranched alkanes of at least 4 members (excludes halogenated alkanes) is 4. The van der Waals surface area contributed by atoms with Gasteiger partial charge in [-0.25, -0.2) is 26.0 Å². The molecular formula is C48H66ClF4N3O3S. The Labute approximate surface area is 361 Å². The average molecular weight is 877 g/mol. The van der Waals surface area contributed by atoms with E-state index in [0.29, 0.717) is 38.1 Å². The first-order valence-electron chi connectivity index (χ1n) is 22.2. The summed E-state index contributed by atoms with van der Waals surface area (Å²) < 4.78 is 90.7. The van der Waals surface area contributed by atoms with Crippen molar-refractivity contribution in [3.8, 4) is 0 Å². The van der Waals surface area contributed by atoms with Gasteiger partial charge in [-0.3, -0.25) is 10.2 Å². The van der Waals surface area contributed by atoms with E-state index in [-0.39, 0.29) is 30.8 Å². The van der Waals surface area contributed by atoms with Crippen LogP contribution in [-0.4, -0.2) is 69.9 Å². The van der Waals surface area contributed by atoms with Gasteiger partial charge >= 0.3 is 0 Å². The van der Waals surface area contributed by atoms with Gasteiger partial charge in [0, 0.05) is 27.4 Å². The molecule has 1 saturated heterocycles. The SMILES string of the molecule is C=C(CCCN(CCC)C(NC(C)OC[C@@H]1CCCN1C)C1CCC(=Cc2cccc3cccc(Cl)c23)CCC1CCCCCCC)S(=O)(=O)c1c(F)c(F)cc(F)c1F. The van der Waals surface area contributed by atoms with Gasteiger partial charge in [0.2, 0.25) is 9.84 Å². The van der Waals surface area contributed by atoms with Crippen molar-refractivity contribution in [2.75, 3.05) is 33.3 Å². The molecule has 5 atom stereocenters. The molecule has 332 valence electrons. The maximum atomic E-state index is 14.7. The molecule has 1 saturated carbocycles. The molecule has 5 rings (SSSR count). The summed E-state index contributed by atoms with van der Waals surface area (Å²) in [6, 6.07) is 12.7. The van der Waals surface area contributed by atoms with Crippen molar-refractivity contribution in [3.05, 3.63) is 93.4 Å². The predicted octanol–water partition coefficient (Wildman–Crippen LogP) is 12.5. The molecule has 1 heterocycles. The molecule has 0 amide bonds. The number of halogens is 5. The van der Waals surface area contributed by atoms with Crippen LogP contribution in [0, 0.1) is 35.1 Å². The summed E-state index contributed by atoms with van der Waals surface area (Å²) in [6.45, 7) is 12.9. The van der Waals surface area contributed by atoms with Gasteiger partial charge in [0.25, 0.3) is 0 Å². The number of sulfone groups is 1. The first-order valence-corrected chi connectivity index (χ1v) is 24.1. The molecule has 2 aliphatic rings. The smallest absolute Gasteiger partial charge is 0.208 e. The van der Waals surface area contributed by atoms with Crippen molar-refractivity contribution in [2.24, 2.45) is 11.8 Å².